The molecule has 0 fully saturated rings. The lowest BCUT2D eigenvalue weighted by molar-refractivity contribution is 0.386. The van der Waals surface area contributed by atoms with E-state index in [-0.39, 0.29) is 11.6 Å². The summed E-state index contributed by atoms with van der Waals surface area (Å²) in [6.07, 6.45) is 1.95. The lowest BCUT2D eigenvalue weighted by Gasteiger charge is -2.04. The van der Waals surface area contributed by atoms with Crippen molar-refractivity contribution in [3.8, 4) is 5.75 Å². The molecule has 0 saturated carbocycles. The number of hydrogen-bond donors (Lipinski definition) is 0. The van der Waals surface area contributed by atoms with E-state index in [1.54, 1.807) is 6.07 Å². The van der Waals surface area contributed by atoms with Gasteiger partial charge in [0.1, 0.15) is 0 Å². The van der Waals surface area contributed by atoms with Gasteiger partial charge in [0.15, 0.2) is 11.6 Å². The van der Waals surface area contributed by atoms with Gasteiger partial charge < -0.3 is 4.74 Å². The van der Waals surface area contributed by atoms with Crippen LogP contribution in [-0.2, 0) is 0 Å². The molecule has 1 nitrogen and oxygen atoms in total. The summed E-state index contributed by atoms with van der Waals surface area (Å²) in [6, 6.07) is 4.96. The van der Waals surface area contributed by atoms with Crippen LogP contribution in [0.1, 0.15) is 19.4 Å². The standard InChI is InChI=1S/C11H13FO/c1-4-8(2)9-5-6-11(13-3)10(12)7-9/h4-7H,1-3H3/b8-4+. The fraction of sp³-hybridized carbons (Fsp3) is 0.273. The van der Waals surface area contributed by atoms with Gasteiger partial charge in [-0.2, -0.15) is 0 Å². The zero-order chi connectivity index (χ0) is 9.84. The van der Waals surface area contributed by atoms with E-state index in [1.165, 1.54) is 13.2 Å². The molecule has 0 saturated heterocycles. The van der Waals surface area contributed by atoms with Gasteiger partial charge in [-0.05, 0) is 37.1 Å². The van der Waals surface area contributed by atoms with Crippen LogP contribution in [0.2, 0.25) is 0 Å². The lowest BCUT2D eigenvalue weighted by atomic mass is 10.1. The first-order valence-corrected chi connectivity index (χ1v) is 4.16. The van der Waals surface area contributed by atoms with Crippen LogP contribution < -0.4 is 4.74 Å². The molecular formula is C11H13FO. The van der Waals surface area contributed by atoms with E-state index in [2.05, 4.69) is 0 Å². The quantitative estimate of drug-likeness (QED) is 0.678. The smallest absolute Gasteiger partial charge is 0.165 e. The number of allylic oxidation sites excluding steroid dienone is 2. The molecule has 0 radical (unpaired) electrons. The van der Waals surface area contributed by atoms with E-state index in [9.17, 15) is 4.39 Å². The van der Waals surface area contributed by atoms with Gasteiger partial charge in [-0.25, -0.2) is 4.39 Å². The summed E-state index contributed by atoms with van der Waals surface area (Å²) in [6.45, 7) is 3.87. The summed E-state index contributed by atoms with van der Waals surface area (Å²) >= 11 is 0. The largest absolute Gasteiger partial charge is 0.494 e. The summed E-state index contributed by atoms with van der Waals surface area (Å²) < 4.78 is 18.0. The van der Waals surface area contributed by atoms with Gasteiger partial charge in [0.05, 0.1) is 7.11 Å². The molecule has 70 valence electrons. The maximum Gasteiger partial charge on any atom is 0.165 e. The van der Waals surface area contributed by atoms with Gasteiger partial charge in [-0.15, -0.1) is 0 Å². The molecule has 0 aromatic heterocycles. The van der Waals surface area contributed by atoms with Crippen molar-refractivity contribution >= 4 is 5.57 Å². The fourth-order valence-electron chi connectivity index (χ4n) is 1.08. The first kappa shape index (κ1) is 9.78. The van der Waals surface area contributed by atoms with Gasteiger partial charge in [0.2, 0.25) is 0 Å². The van der Waals surface area contributed by atoms with Crippen LogP contribution in [0, 0.1) is 5.82 Å². The highest BCUT2D eigenvalue weighted by Crippen LogP contribution is 2.21. The second-order valence-corrected chi connectivity index (χ2v) is 2.82. The molecule has 1 aromatic carbocycles. The number of benzene rings is 1. The van der Waals surface area contributed by atoms with Crippen molar-refractivity contribution in [2.24, 2.45) is 0 Å². The van der Waals surface area contributed by atoms with Gasteiger partial charge >= 0.3 is 0 Å². The Morgan fingerprint density at radius 1 is 1.46 bits per heavy atom. The third-order valence-corrected chi connectivity index (χ3v) is 2.04. The third kappa shape index (κ3) is 2.08. The summed E-state index contributed by atoms with van der Waals surface area (Å²) in [4.78, 5) is 0. The van der Waals surface area contributed by atoms with Crippen molar-refractivity contribution in [2.45, 2.75) is 13.8 Å². The first-order chi connectivity index (χ1) is 6.19. The molecule has 1 rings (SSSR count). The number of methoxy groups -OCH3 is 1. The van der Waals surface area contributed by atoms with Crippen molar-refractivity contribution in [2.75, 3.05) is 7.11 Å². The minimum atomic E-state index is -0.318. The zero-order valence-electron chi connectivity index (χ0n) is 8.10. The molecular weight excluding hydrogens is 167 g/mol. The van der Waals surface area contributed by atoms with Gasteiger partial charge in [0, 0.05) is 0 Å². The molecule has 13 heavy (non-hydrogen) atoms. The minimum absolute atomic E-state index is 0.285. The second-order valence-electron chi connectivity index (χ2n) is 2.82. The highest BCUT2D eigenvalue weighted by Gasteiger charge is 2.03. The van der Waals surface area contributed by atoms with E-state index in [0.717, 1.165) is 11.1 Å². The van der Waals surface area contributed by atoms with Gasteiger partial charge in [-0.1, -0.05) is 12.1 Å². The Bertz CT molecular complexity index is 329. The third-order valence-electron chi connectivity index (χ3n) is 2.04. The summed E-state index contributed by atoms with van der Waals surface area (Å²) in [5, 5.41) is 0. The van der Waals surface area contributed by atoms with E-state index < -0.39 is 0 Å². The maximum absolute atomic E-state index is 13.2. The Kier molecular flexibility index (Phi) is 3.07. The molecule has 2 heteroatoms. The van der Waals surface area contributed by atoms with Crippen molar-refractivity contribution < 1.29 is 9.13 Å². The Morgan fingerprint density at radius 2 is 2.15 bits per heavy atom. The number of rotatable bonds is 2. The van der Waals surface area contributed by atoms with Crippen LogP contribution in [0.4, 0.5) is 4.39 Å². The van der Waals surface area contributed by atoms with Gasteiger partial charge in [-0.3, -0.25) is 0 Å². The molecule has 1 aromatic rings. The van der Waals surface area contributed by atoms with E-state index >= 15 is 0 Å². The van der Waals surface area contributed by atoms with Crippen LogP contribution in [-0.4, -0.2) is 7.11 Å². The average molecular weight is 180 g/mol. The minimum Gasteiger partial charge on any atom is -0.494 e. The van der Waals surface area contributed by atoms with Gasteiger partial charge in [0.25, 0.3) is 0 Å². The summed E-state index contributed by atoms with van der Waals surface area (Å²) in [5.74, 6) is -0.0335. The van der Waals surface area contributed by atoms with Crippen LogP contribution in [0.15, 0.2) is 24.3 Å². The van der Waals surface area contributed by atoms with Crippen molar-refractivity contribution in [1.82, 2.24) is 0 Å². The Hall–Kier alpha value is -1.31. The molecule has 0 heterocycles. The lowest BCUT2D eigenvalue weighted by Crippen LogP contribution is -1.89. The molecule has 0 spiro atoms. The summed E-state index contributed by atoms with van der Waals surface area (Å²) in [7, 11) is 1.46. The number of halogens is 1. The predicted octanol–water partition coefficient (Wildman–Crippen LogP) is 3.26. The van der Waals surface area contributed by atoms with Crippen molar-refractivity contribution in [3.05, 3.63) is 35.7 Å². The molecule has 0 N–H and O–H groups in total. The fourth-order valence-corrected chi connectivity index (χ4v) is 1.08. The number of hydrogen-bond acceptors (Lipinski definition) is 1. The van der Waals surface area contributed by atoms with E-state index in [1.807, 2.05) is 26.0 Å². The number of ether oxygens (including phenoxy) is 1. The maximum atomic E-state index is 13.2. The highest BCUT2D eigenvalue weighted by atomic mass is 19.1. The molecule has 0 amide bonds. The highest BCUT2D eigenvalue weighted by molar-refractivity contribution is 5.63. The average Bonchev–Trinajstić information content (AvgIpc) is 2.16. The molecule has 0 aliphatic heterocycles. The monoisotopic (exact) mass is 180 g/mol. The van der Waals surface area contributed by atoms with E-state index in [4.69, 9.17) is 4.74 Å². The first-order valence-electron chi connectivity index (χ1n) is 4.16. The Balaban J connectivity index is 3.10. The molecule has 0 aliphatic rings. The second kappa shape index (κ2) is 4.08. The van der Waals surface area contributed by atoms with Crippen molar-refractivity contribution in [1.29, 1.82) is 0 Å². The van der Waals surface area contributed by atoms with Crippen LogP contribution in [0.25, 0.3) is 5.57 Å². The summed E-state index contributed by atoms with van der Waals surface area (Å²) in [5.41, 5.74) is 1.95. The zero-order valence-corrected chi connectivity index (χ0v) is 8.10. The van der Waals surface area contributed by atoms with Crippen LogP contribution in [0.3, 0.4) is 0 Å². The topological polar surface area (TPSA) is 9.23 Å². The Morgan fingerprint density at radius 3 is 2.62 bits per heavy atom. The molecule has 0 bridgehead atoms. The predicted molar refractivity (Wildman–Crippen MR) is 52.3 cm³/mol. The molecule has 0 unspecified atom stereocenters. The molecule has 0 aliphatic carbocycles. The Labute approximate surface area is 77.8 Å². The van der Waals surface area contributed by atoms with Crippen molar-refractivity contribution in [3.63, 3.8) is 0 Å². The normalized spacial score (nSPS) is 11.5. The van der Waals surface area contributed by atoms with Crippen LogP contribution in [0.5, 0.6) is 5.75 Å². The molecule has 0 atom stereocenters. The SMILES string of the molecule is C/C=C(\C)c1ccc(OC)c(F)c1. The van der Waals surface area contributed by atoms with E-state index in [0.29, 0.717) is 0 Å². The van der Waals surface area contributed by atoms with Crippen LogP contribution >= 0.6 is 0 Å².